The Bertz CT molecular complexity index is 792. The van der Waals surface area contributed by atoms with E-state index < -0.39 is 0 Å². The Labute approximate surface area is 134 Å². The van der Waals surface area contributed by atoms with Crippen molar-refractivity contribution in [1.82, 2.24) is 15.1 Å². The molecule has 23 heavy (non-hydrogen) atoms. The number of aromatic amines is 1. The molecule has 0 unspecified atom stereocenters. The quantitative estimate of drug-likeness (QED) is 0.927. The number of likely N-dealkylation sites (tertiary alicyclic amines) is 1. The van der Waals surface area contributed by atoms with Gasteiger partial charge >= 0.3 is 0 Å². The van der Waals surface area contributed by atoms with E-state index in [1.54, 1.807) is 6.07 Å². The Kier molecular flexibility index (Phi) is 3.63. The number of hydrogen-bond donors (Lipinski definition) is 1. The molecule has 1 aliphatic carbocycles. The van der Waals surface area contributed by atoms with Crippen LogP contribution in [-0.4, -0.2) is 33.6 Å². The van der Waals surface area contributed by atoms with E-state index in [2.05, 4.69) is 10.2 Å². The van der Waals surface area contributed by atoms with Crippen LogP contribution in [0.3, 0.4) is 0 Å². The van der Waals surface area contributed by atoms with Gasteiger partial charge in [0.2, 0.25) is 0 Å². The van der Waals surface area contributed by atoms with Gasteiger partial charge in [-0.05, 0) is 37.7 Å². The van der Waals surface area contributed by atoms with Crippen molar-refractivity contribution in [1.29, 1.82) is 0 Å². The average Bonchev–Trinajstić information content (AvgIpc) is 3.26. The largest absolute Gasteiger partial charge is 0.334 e. The minimum absolute atomic E-state index is 0.0353. The molecule has 0 radical (unpaired) electrons. The van der Waals surface area contributed by atoms with Gasteiger partial charge in [0.25, 0.3) is 11.5 Å². The van der Waals surface area contributed by atoms with Crippen molar-refractivity contribution in [3.8, 4) is 0 Å². The van der Waals surface area contributed by atoms with E-state index in [0.717, 1.165) is 19.4 Å². The molecule has 2 fully saturated rings. The topological polar surface area (TPSA) is 66.1 Å². The van der Waals surface area contributed by atoms with E-state index in [-0.39, 0.29) is 11.5 Å². The third kappa shape index (κ3) is 2.44. The van der Waals surface area contributed by atoms with Crippen LogP contribution in [-0.2, 0) is 0 Å². The SMILES string of the molecule is O=C(c1n[nH]c(=O)c2ccccc12)N1CCC[C@H]1C1CCCC1. The number of nitrogens with one attached hydrogen (secondary N) is 1. The summed E-state index contributed by atoms with van der Waals surface area (Å²) in [6.45, 7) is 0.801. The number of carbonyl (C=O) groups is 1. The zero-order valence-electron chi connectivity index (χ0n) is 13.1. The molecule has 1 saturated heterocycles. The molecule has 0 bridgehead atoms. The van der Waals surface area contributed by atoms with Crippen molar-refractivity contribution in [2.24, 2.45) is 5.92 Å². The molecule has 1 aromatic carbocycles. The Hall–Kier alpha value is -2.17. The van der Waals surface area contributed by atoms with E-state index >= 15 is 0 Å². The fraction of sp³-hybridized carbons (Fsp3) is 0.500. The predicted molar refractivity (Wildman–Crippen MR) is 88.4 cm³/mol. The first-order valence-corrected chi connectivity index (χ1v) is 8.54. The van der Waals surface area contributed by atoms with Crippen LogP contribution in [0.4, 0.5) is 0 Å². The number of carbonyl (C=O) groups excluding carboxylic acids is 1. The summed E-state index contributed by atoms with van der Waals surface area (Å²) in [5.41, 5.74) is 0.135. The molecule has 0 spiro atoms. The van der Waals surface area contributed by atoms with Crippen LogP contribution in [0.5, 0.6) is 0 Å². The van der Waals surface area contributed by atoms with Crippen molar-refractivity contribution in [3.63, 3.8) is 0 Å². The van der Waals surface area contributed by atoms with Crippen molar-refractivity contribution in [2.75, 3.05) is 6.54 Å². The summed E-state index contributed by atoms with van der Waals surface area (Å²) in [7, 11) is 0. The van der Waals surface area contributed by atoms with Crippen molar-refractivity contribution >= 4 is 16.7 Å². The zero-order valence-corrected chi connectivity index (χ0v) is 13.1. The van der Waals surface area contributed by atoms with Crippen LogP contribution >= 0.6 is 0 Å². The molecule has 120 valence electrons. The lowest BCUT2D eigenvalue weighted by Crippen LogP contribution is -2.40. The molecule has 1 aromatic heterocycles. The molecule has 1 N–H and O–H groups in total. The van der Waals surface area contributed by atoms with Gasteiger partial charge in [0, 0.05) is 18.0 Å². The zero-order chi connectivity index (χ0) is 15.8. The summed E-state index contributed by atoms with van der Waals surface area (Å²) in [5, 5.41) is 7.74. The fourth-order valence-corrected chi connectivity index (χ4v) is 4.29. The van der Waals surface area contributed by atoms with Crippen LogP contribution in [0.15, 0.2) is 29.1 Å². The number of benzene rings is 1. The minimum atomic E-state index is -0.245. The van der Waals surface area contributed by atoms with Gasteiger partial charge in [0.1, 0.15) is 0 Å². The third-order valence-electron chi connectivity index (χ3n) is 5.40. The maximum Gasteiger partial charge on any atom is 0.275 e. The maximum atomic E-state index is 13.1. The monoisotopic (exact) mass is 311 g/mol. The van der Waals surface area contributed by atoms with Gasteiger partial charge in [-0.25, -0.2) is 5.10 Å². The van der Waals surface area contributed by atoms with Gasteiger partial charge in [0.05, 0.1) is 5.39 Å². The number of amides is 1. The second kappa shape index (κ2) is 5.80. The first kappa shape index (κ1) is 14.4. The Morgan fingerprint density at radius 3 is 2.61 bits per heavy atom. The molecule has 5 heteroatoms. The Balaban J connectivity index is 1.71. The average molecular weight is 311 g/mol. The molecule has 1 aliphatic heterocycles. The first-order valence-electron chi connectivity index (χ1n) is 8.54. The van der Waals surface area contributed by atoms with Crippen LogP contribution in [0, 0.1) is 5.92 Å². The molecule has 2 heterocycles. The maximum absolute atomic E-state index is 13.1. The van der Waals surface area contributed by atoms with Gasteiger partial charge in [0.15, 0.2) is 5.69 Å². The summed E-state index contributed by atoms with van der Waals surface area (Å²) in [6.07, 6.45) is 7.18. The molecule has 2 aliphatic rings. The summed E-state index contributed by atoms with van der Waals surface area (Å²) < 4.78 is 0. The van der Waals surface area contributed by atoms with E-state index in [1.165, 1.54) is 25.7 Å². The predicted octanol–water partition coefficient (Wildman–Crippen LogP) is 2.72. The molecular formula is C18H21N3O2. The smallest absolute Gasteiger partial charge is 0.275 e. The third-order valence-corrected chi connectivity index (χ3v) is 5.40. The number of rotatable bonds is 2. The van der Waals surface area contributed by atoms with Gasteiger partial charge < -0.3 is 4.90 Å². The van der Waals surface area contributed by atoms with Crippen LogP contribution < -0.4 is 5.56 Å². The van der Waals surface area contributed by atoms with Gasteiger partial charge in [-0.15, -0.1) is 0 Å². The van der Waals surface area contributed by atoms with Crippen LogP contribution in [0.25, 0.3) is 10.8 Å². The highest BCUT2D eigenvalue weighted by molar-refractivity contribution is 6.04. The Morgan fingerprint density at radius 2 is 1.83 bits per heavy atom. The molecule has 2 aromatic rings. The summed E-state index contributed by atoms with van der Waals surface area (Å²) >= 11 is 0. The van der Waals surface area contributed by atoms with Crippen molar-refractivity contribution in [2.45, 2.75) is 44.6 Å². The normalized spacial score (nSPS) is 22.1. The highest BCUT2D eigenvalue weighted by atomic mass is 16.2. The summed E-state index contributed by atoms with van der Waals surface area (Å²) in [4.78, 5) is 27.0. The fourth-order valence-electron chi connectivity index (χ4n) is 4.29. The van der Waals surface area contributed by atoms with Crippen molar-refractivity contribution in [3.05, 3.63) is 40.3 Å². The molecule has 1 amide bonds. The highest BCUT2D eigenvalue weighted by Gasteiger charge is 2.37. The summed E-state index contributed by atoms with van der Waals surface area (Å²) in [6, 6.07) is 7.55. The molecule has 1 saturated carbocycles. The molecule has 4 rings (SSSR count). The van der Waals surface area contributed by atoms with Crippen LogP contribution in [0.2, 0.25) is 0 Å². The van der Waals surface area contributed by atoms with E-state index in [0.29, 0.717) is 28.4 Å². The van der Waals surface area contributed by atoms with Gasteiger partial charge in [-0.2, -0.15) is 5.10 Å². The first-order chi connectivity index (χ1) is 11.3. The highest BCUT2D eigenvalue weighted by Crippen LogP contribution is 2.36. The minimum Gasteiger partial charge on any atom is -0.334 e. The molecule has 5 nitrogen and oxygen atoms in total. The number of hydrogen-bond acceptors (Lipinski definition) is 3. The second-order valence-corrected chi connectivity index (χ2v) is 6.70. The van der Waals surface area contributed by atoms with Crippen LogP contribution in [0.1, 0.15) is 49.0 Å². The van der Waals surface area contributed by atoms with Crippen molar-refractivity contribution < 1.29 is 4.79 Å². The Morgan fingerprint density at radius 1 is 1.09 bits per heavy atom. The lowest BCUT2D eigenvalue weighted by atomic mass is 9.95. The molecule has 1 atom stereocenters. The molecular weight excluding hydrogens is 290 g/mol. The number of fused-ring (bicyclic) bond motifs is 1. The summed E-state index contributed by atoms with van der Waals surface area (Å²) in [5.74, 6) is 0.599. The van der Waals surface area contributed by atoms with Gasteiger partial charge in [-0.3, -0.25) is 9.59 Å². The van der Waals surface area contributed by atoms with E-state index in [1.807, 2.05) is 23.1 Å². The van der Waals surface area contributed by atoms with E-state index in [9.17, 15) is 9.59 Å². The number of nitrogens with zero attached hydrogens (tertiary/aromatic N) is 2. The lowest BCUT2D eigenvalue weighted by Gasteiger charge is -2.29. The lowest BCUT2D eigenvalue weighted by molar-refractivity contribution is 0.0684. The number of H-pyrrole nitrogens is 1. The number of aromatic nitrogens is 2. The standard InChI is InChI=1S/C18H21N3O2/c22-17-14-9-4-3-8-13(14)16(19-20-17)18(23)21-11-5-10-15(21)12-6-1-2-7-12/h3-4,8-9,12,15H,1-2,5-7,10-11H2,(H,20,22)/t15-/m0/s1. The van der Waals surface area contributed by atoms with Gasteiger partial charge in [-0.1, -0.05) is 31.0 Å². The van der Waals surface area contributed by atoms with E-state index in [4.69, 9.17) is 0 Å². The second-order valence-electron chi connectivity index (χ2n) is 6.70.